The lowest BCUT2D eigenvalue weighted by Gasteiger charge is -2.12. The zero-order chi connectivity index (χ0) is 15.9. The molecule has 0 saturated heterocycles. The molecule has 0 fully saturated rings. The molecule has 0 atom stereocenters. The van der Waals surface area contributed by atoms with E-state index in [0.29, 0.717) is 5.69 Å². The fraction of sp³-hybridized carbons (Fsp3) is 0.133. The van der Waals surface area contributed by atoms with Crippen molar-refractivity contribution in [1.82, 2.24) is 0 Å². The van der Waals surface area contributed by atoms with Gasteiger partial charge < -0.3 is 4.90 Å². The molecule has 1 aliphatic rings. The standard InChI is InChI=1S/C15H13FN2O3S/c1-18-13-7-6-11(8-10(13)9-15(18)19)17-22(20,21)14-5-3-2-4-12(14)16/h2-8,17H,9H2,1H3. The lowest BCUT2D eigenvalue weighted by Crippen LogP contribution is -2.20. The van der Waals surface area contributed by atoms with Gasteiger partial charge >= 0.3 is 0 Å². The highest BCUT2D eigenvalue weighted by Gasteiger charge is 2.25. The molecule has 114 valence electrons. The minimum absolute atomic E-state index is 0.0517. The number of carbonyl (C=O) groups is 1. The van der Waals surface area contributed by atoms with Crippen molar-refractivity contribution in [1.29, 1.82) is 0 Å². The van der Waals surface area contributed by atoms with E-state index in [-0.39, 0.29) is 12.3 Å². The number of anilines is 2. The number of hydrogen-bond donors (Lipinski definition) is 1. The lowest BCUT2D eigenvalue weighted by atomic mass is 10.1. The molecule has 0 spiro atoms. The third-order valence-corrected chi connectivity index (χ3v) is 4.95. The third kappa shape index (κ3) is 2.43. The molecule has 0 saturated carbocycles. The van der Waals surface area contributed by atoms with Crippen molar-refractivity contribution < 1.29 is 17.6 Å². The van der Waals surface area contributed by atoms with Crippen molar-refractivity contribution in [3.63, 3.8) is 0 Å². The van der Waals surface area contributed by atoms with Crippen molar-refractivity contribution in [2.45, 2.75) is 11.3 Å². The first-order valence-electron chi connectivity index (χ1n) is 6.55. The Kier molecular flexibility index (Phi) is 3.37. The Bertz CT molecular complexity index is 865. The second-order valence-corrected chi connectivity index (χ2v) is 6.66. The van der Waals surface area contributed by atoms with Gasteiger partial charge in [-0.3, -0.25) is 9.52 Å². The Morgan fingerprint density at radius 2 is 1.91 bits per heavy atom. The maximum atomic E-state index is 13.6. The number of carbonyl (C=O) groups excluding carboxylic acids is 1. The molecule has 1 amide bonds. The zero-order valence-electron chi connectivity index (χ0n) is 11.7. The Balaban J connectivity index is 1.93. The lowest BCUT2D eigenvalue weighted by molar-refractivity contribution is -0.117. The predicted molar refractivity (Wildman–Crippen MR) is 80.8 cm³/mol. The molecule has 22 heavy (non-hydrogen) atoms. The van der Waals surface area contributed by atoms with Crippen LogP contribution in [0.5, 0.6) is 0 Å². The Morgan fingerprint density at radius 1 is 1.18 bits per heavy atom. The molecular weight excluding hydrogens is 307 g/mol. The van der Waals surface area contributed by atoms with Crippen molar-refractivity contribution in [2.75, 3.05) is 16.7 Å². The van der Waals surface area contributed by atoms with Crippen LogP contribution >= 0.6 is 0 Å². The summed E-state index contributed by atoms with van der Waals surface area (Å²) in [5, 5.41) is 0. The van der Waals surface area contributed by atoms with Crippen LogP contribution in [0.1, 0.15) is 5.56 Å². The van der Waals surface area contributed by atoms with E-state index in [0.717, 1.165) is 17.3 Å². The zero-order valence-corrected chi connectivity index (χ0v) is 12.5. The molecule has 0 unspecified atom stereocenters. The van der Waals surface area contributed by atoms with Gasteiger partial charge in [-0.05, 0) is 35.9 Å². The largest absolute Gasteiger partial charge is 0.315 e. The molecule has 5 nitrogen and oxygen atoms in total. The van der Waals surface area contributed by atoms with Crippen LogP contribution < -0.4 is 9.62 Å². The number of likely N-dealkylation sites (N-methyl/N-ethyl adjacent to an activating group) is 1. The van der Waals surface area contributed by atoms with Gasteiger partial charge in [0.05, 0.1) is 6.42 Å². The normalized spacial score (nSPS) is 14.1. The van der Waals surface area contributed by atoms with Gasteiger partial charge in [-0.1, -0.05) is 12.1 Å². The van der Waals surface area contributed by atoms with E-state index < -0.39 is 20.7 Å². The topological polar surface area (TPSA) is 66.5 Å². The Labute approximate surface area is 127 Å². The van der Waals surface area contributed by atoms with E-state index in [2.05, 4.69) is 4.72 Å². The van der Waals surface area contributed by atoms with Gasteiger partial charge in [-0.2, -0.15) is 0 Å². The number of nitrogens with zero attached hydrogens (tertiary/aromatic N) is 1. The summed E-state index contributed by atoms with van der Waals surface area (Å²) in [6, 6.07) is 9.97. The molecule has 0 bridgehead atoms. The SMILES string of the molecule is CN1C(=O)Cc2cc(NS(=O)(=O)c3ccccc3F)ccc21. The van der Waals surface area contributed by atoms with Crippen molar-refractivity contribution >= 4 is 27.3 Å². The van der Waals surface area contributed by atoms with Crippen LogP contribution in [0, 0.1) is 5.82 Å². The van der Waals surface area contributed by atoms with Gasteiger partial charge in [-0.25, -0.2) is 12.8 Å². The first-order chi connectivity index (χ1) is 10.4. The second kappa shape index (κ2) is 5.10. The molecule has 1 N–H and O–H groups in total. The van der Waals surface area contributed by atoms with E-state index in [9.17, 15) is 17.6 Å². The molecule has 1 aliphatic heterocycles. The summed E-state index contributed by atoms with van der Waals surface area (Å²) >= 11 is 0. The van der Waals surface area contributed by atoms with Crippen molar-refractivity contribution in [2.24, 2.45) is 0 Å². The number of fused-ring (bicyclic) bond motifs is 1. The van der Waals surface area contributed by atoms with Crippen LogP contribution in [0.2, 0.25) is 0 Å². The number of amides is 1. The molecule has 1 heterocycles. The molecular formula is C15H13FN2O3S. The van der Waals surface area contributed by atoms with E-state index in [1.165, 1.54) is 23.1 Å². The first-order valence-corrected chi connectivity index (χ1v) is 8.03. The third-order valence-electron chi connectivity index (χ3n) is 3.54. The van der Waals surface area contributed by atoms with Gasteiger partial charge in [0, 0.05) is 18.4 Å². The predicted octanol–water partition coefficient (Wildman–Crippen LogP) is 2.15. The summed E-state index contributed by atoms with van der Waals surface area (Å²) in [4.78, 5) is 12.7. The molecule has 2 aromatic rings. The molecule has 3 rings (SSSR count). The quantitative estimate of drug-likeness (QED) is 0.942. The smallest absolute Gasteiger partial charge is 0.264 e. The van der Waals surface area contributed by atoms with Gasteiger partial charge in [0.15, 0.2) is 0 Å². The van der Waals surface area contributed by atoms with Crippen LogP contribution in [-0.2, 0) is 21.2 Å². The molecule has 2 aromatic carbocycles. The summed E-state index contributed by atoms with van der Waals surface area (Å²) in [6.45, 7) is 0. The van der Waals surface area contributed by atoms with Crippen LogP contribution in [0.3, 0.4) is 0 Å². The fourth-order valence-corrected chi connectivity index (χ4v) is 3.54. The average molecular weight is 320 g/mol. The summed E-state index contributed by atoms with van der Waals surface area (Å²) in [7, 11) is -2.35. The van der Waals surface area contributed by atoms with Gasteiger partial charge in [0.25, 0.3) is 10.0 Å². The van der Waals surface area contributed by atoms with Gasteiger partial charge in [0.1, 0.15) is 10.7 Å². The van der Waals surface area contributed by atoms with E-state index in [1.54, 1.807) is 25.2 Å². The molecule has 0 aromatic heterocycles. The maximum absolute atomic E-state index is 13.6. The number of nitrogens with one attached hydrogen (secondary N) is 1. The Morgan fingerprint density at radius 3 is 2.64 bits per heavy atom. The van der Waals surface area contributed by atoms with Gasteiger partial charge in [-0.15, -0.1) is 0 Å². The average Bonchev–Trinajstić information content (AvgIpc) is 2.73. The Hall–Kier alpha value is -2.41. The van der Waals surface area contributed by atoms with Gasteiger partial charge in [0.2, 0.25) is 5.91 Å². The fourth-order valence-electron chi connectivity index (χ4n) is 2.41. The molecule has 0 aliphatic carbocycles. The highest BCUT2D eigenvalue weighted by molar-refractivity contribution is 7.92. The summed E-state index contributed by atoms with van der Waals surface area (Å²) in [5.74, 6) is -0.866. The van der Waals surface area contributed by atoms with E-state index in [1.807, 2.05) is 0 Å². The minimum Gasteiger partial charge on any atom is -0.315 e. The first kappa shape index (κ1) is 14.5. The molecule has 7 heteroatoms. The second-order valence-electron chi connectivity index (χ2n) is 5.01. The number of rotatable bonds is 3. The highest BCUT2D eigenvalue weighted by atomic mass is 32.2. The van der Waals surface area contributed by atoms with Crippen molar-refractivity contribution in [3.05, 3.63) is 53.8 Å². The maximum Gasteiger partial charge on any atom is 0.264 e. The number of hydrogen-bond acceptors (Lipinski definition) is 3. The highest BCUT2D eigenvalue weighted by Crippen LogP contribution is 2.30. The van der Waals surface area contributed by atoms with Crippen LogP contribution in [-0.4, -0.2) is 21.4 Å². The molecule has 0 radical (unpaired) electrons. The summed E-state index contributed by atoms with van der Waals surface area (Å²) in [6.07, 6.45) is 0.223. The monoisotopic (exact) mass is 320 g/mol. The summed E-state index contributed by atoms with van der Waals surface area (Å²) < 4.78 is 40.4. The van der Waals surface area contributed by atoms with E-state index >= 15 is 0 Å². The van der Waals surface area contributed by atoms with E-state index in [4.69, 9.17) is 0 Å². The van der Waals surface area contributed by atoms with Crippen molar-refractivity contribution in [3.8, 4) is 0 Å². The summed E-state index contributed by atoms with van der Waals surface area (Å²) in [5.41, 5.74) is 1.78. The van der Waals surface area contributed by atoms with Crippen LogP contribution in [0.25, 0.3) is 0 Å². The van der Waals surface area contributed by atoms with Crippen LogP contribution in [0.15, 0.2) is 47.4 Å². The number of halogens is 1. The van der Waals surface area contributed by atoms with Crippen LogP contribution in [0.4, 0.5) is 15.8 Å². The number of sulfonamides is 1. The number of benzene rings is 2. The minimum atomic E-state index is -4.01.